The summed E-state index contributed by atoms with van der Waals surface area (Å²) < 4.78 is 8.94. The average molecular weight is 741 g/mol. The number of nitrogens with zero attached hydrogens (tertiary/aromatic N) is 4. The van der Waals surface area contributed by atoms with Gasteiger partial charge in [0, 0.05) is 43.9 Å². The second kappa shape index (κ2) is 12.8. The molecular formula is C53H32N4O. The third kappa shape index (κ3) is 5.29. The molecule has 3 heterocycles. The van der Waals surface area contributed by atoms with Crippen molar-refractivity contribution in [2.24, 2.45) is 0 Å². The van der Waals surface area contributed by atoms with E-state index < -0.39 is 0 Å². The summed E-state index contributed by atoms with van der Waals surface area (Å²) in [6.45, 7) is 0. The van der Waals surface area contributed by atoms with E-state index >= 15 is 0 Å². The first-order chi connectivity index (χ1) is 28.7. The Labute approximate surface area is 333 Å². The van der Waals surface area contributed by atoms with Crippen LogP contribution in [0.3, 0.4) is 0 Å². The Morgan fingerprint density at radius 3 is 1.69 bits per heavy atom. The van der Waals surface area contributed by atoms with Crippen LogP contribution in [0, 0.1) is 0 Å². The normalized spacial score (nSPS) is 11.8. The van der Waals surface area contributed by atoms with Crippen molar-refractivity contribution in [2.45, 2.75) is 0 Å². The predicted octanol–water partition coefficient (Wildman–Crippen LogP) is 13.8. The minimum absolute atomic E-state index is 0.584. The van der Waals surface area contributed by atoms with Crippen LogP contribution in [0.4, 0.5) is 0 Å². The first-order valence-electron chi connectivity index (χ1n) is 19.5. The molecule has 0 saturated heterocycles. The van der Waals surface area contributed by atoms with Crippen LogP contribution in [0.2, 0.25) is 0 Å². The number of rotatable bonds is 5. The first-order valence-corrected chi connectivity index (χ1v) is 19.5. The van der Waals surface area contributed by atoms with Crippen molar-refractivity contribution in [2.75, 3.05) is 0 Å². The second-order valence-electron chi connectivity index (χ2n) is 14.9. The fraction of sp³-hybridized carbons (Fsp3) is 0. The highest BCUT2D eigenvalue weighted by atomic mass is 16.3. The number of para-hydroxylation sites is 1. The maximum Gasteiger partial charge on any atom is 0.164 e. The van der Waals surface area contributed by atoms with Gasteiger partial charge in [-0.2, -0.15) is 0 Å². The van der Waals surface area contributed by atoms with E-state index in [1.165, 1.54) is 38.0 Å². The summed E-state index contributed by atoms with van der Waals surface area (Å²) in [5, 5.41) is 9.32. The van der Waals surface area contributed by atoms with Crippen LogP contribution in [-0.4, -0.2) is 19.5 Å². The van der Waals surface area contributed by atoms with Gasteiger partial charge in [0.05, 0.1) is 11.0 Å². The molecule has 0 N–H and O–H groups in total. The monoisotopic (exact) mass is 740 g/mol. The van der Waals surface area contributed by atoms with Crippen LogP contribution in [0.5, 0.6) is 0 Å². The summed E-state index contributed by atoms with van der Waals surface area (Å²) in [5.74, 6) is 1.81. The molecule has 0 fully saturated rings. The number of hydrogen-bond donors (Lipinski definition) is 0. The average Bonchev–Trinajstić information content (AvgIpc) is 3.82. The highest BCUT2D eigenvalue weighted by molar-refractivity contribution is 6.14. The Bertz CT molecular complexity index is 3560. The Morgan fingerprint density at radius 1 is 0.310 bits per heavy atom. The molecule has 270 valence electrons. The Hall–Kier alpha value is -7.89. The van der Waals surface area contributed by atoms with Gasteiger partial charge in [-0.25, -0.2) is 15.0 Å². The van der Waals surface area contributed by atoms with E-state index in [1.807, 2.05) is 6.07 Å². The minimum atomic E-state index is 0.584. The van der Waals surface area contributed by atoms with Crippen molar-refractivity contribution in [1.82, 2.24) is 19.5 Å². The van der Waals surface area contributed by atoms with Gasteiger partial charge in [-0.05, 0) is 87.3 Å². The van der Waals surface area contributed by atoms with Crippen LogP contribution in [0.15, 0.2) is 199 Å². The van der Waals surface area contributed by atoms with E-state index in [2.05, 4.69) is 193 Å². The lowest BCUT2D eigenvalue weighted by Gasteiger charge is -2.10. The van der Waals surface area contributed by atoms with Gasteiger partial charge in [-0.1, -0.05) is 140 Å². The van der Waals surface area contributed by atoms with Crippen LogP contribution in [0.25, 0.3) is 116 Å². The maximum absolute atomic E-state index is 6.57. The zero-order valence-electron chi connectivity index (χ0n) is 31.2. The summed E-state index contributed by atoms with van der Waals surface area (Å²) in [6.07, 6.45) is 0. The van der Waals surface area contributed by atoms with Crippen molar-refractivity contribution in [3.63, 3.8) is 0 Å². The van der Waals surface area contributed by atoms with Gasteiger partial charge in [0.25, 0.3) is 0 Å². The largest absolute Gasteiger partial charge is 0.456 e. The summed E-state index contributed by atoms with van der Waals surface area (Å²) in [7, 11) is 0. The number of furan rings is 1. The lowest BCUT2D eigenvalue weighted by molar-refractivity contribution is 0.669. The Kier molecular flexibility index (Phi) is 7.16. The molecule has 0 saturated carbocycles. The van der Waals surface area contributed by atoms with E-state index in [-0.39, 0.29) is 0 Å². The molecule has 9 aromatic carbocycles. The summed E-state index contributed by atoms with van der Waals surface area (Å²) in [5.41, 5.74) is 10.0. The smallest absolute Gasteiger partial charge is 0.164 e. The van der Waals surface area contributed by atoms with Gasteiger partial charge < -0.3 is 8.98 Å². The van der Waals surface area contributed by atoms with Crippen LogP contribution in [0.1, 0.15) is 0 Å². The van der Waals surface area contributed by atoms with Gasteiger partial charge in [0.1, 0.15) is 11.2 Å². The lowest BCUT2D eigenvalue weighted by atomic mass is 10.0. The number of fused-ring (bicyclic) bond motifs is 8. The van der Waals surface area contributed by atoms with E-state index in [0.717, 1.165) is 60.8 Å². The van der Waals surface area contributed by atoms with Crippen molar-refractivity contribution >= 4 is 65.3 Å². The third-order valence-corrected chi connectivity index (χ3v) is 11.4. The van der Waals surface area contributed by atoms with Gasteiger partial charge >= 0.3 is 0 Å². The molecule has 0 atom stereocenters. The quantitative estimate of drug-likeness (QED) is 0.176. The molecule has 12 rings (SSSR count). The summed E-state index contributed by atoms with van der Waals surface area (Å²) >= 11 is 0. The van der Waals surface area contributed by atoms with Gasteiger partial charge in [0.15, 0.2) is 17.5 Å². The van der Waals surface area contributed by atoms with Gasteiger partial charge in [-0.15, -0.1) is 0 Å². The van der Waals surface area contributed by atoms with E-state index in [1.54, 1.807) is 0 Å². The topological polar surface area (TPSA) is 56.7 Å². The van der Waals surface area contributed by atoms with Crippen molar-refractivity contribution in [1.29, 1.82) is 0 Å². The first kappa shape index (κ1) is 32.4. The maximum atomic E-state index is 6.57. The van der Waals surface area contributed by atoms with Crippen molar-refractivity contribution < 1.29 is 4.42 Å². The fourth-order valence-corrected chi connectivity index (χ4v) is 8.51. The fourth-order valence-electron chi connectivity index (χ4n) is 8.51. The molecule has 0 amide bonds. The van der Waals surface area contributed by atoms with Gasteiger partial charge in [-0.3, -0.25) is 0 Å². The molecule has 0 aliphatic carbocycles. The highest BCUT2D eigenvalue weighted by Gasteiger charge is 2.18. The third-order valence-electron chi connectivity index (χ3n) is 11.4. The van der Waals surface area contributed by atoms with Crippen molar-refractivity contribution in [3.8, 4) is 51.0 Å². The lowest BCUT2D eigenvalue weighted by Crippen LogP contribution is -2.00. The molecule has 0 bridgehead atoms. The van der Waals surface area contributed by atoms with Crippen LogP contribution < -0.4 is 0 Å². The standard InChI is InChI=1S/C53H32N4O/c1-2-10-33(11-3-1)35-18-21-36(22-19-35)51-54-52(40-23-20-34-12-4-5-13-37(34)28-40)56-53(55-51)41-24-26-44-46-32-42(25-27-49(46)58-50(44)31-41)57-47-17-9-8-16-43(47)45-29-38-14-6-7-15-39(38)30-48(45)57/h1-32H. The zero-order chi connectivity index (χ0) is 38.2. The molecule has 3 aromatic heterocycles. The number of benzene rings is 9. The molecular weight excluding hydrogens is 709 g/mol. The predicted molar refractivity (Wildman–Crippen MR) is 238 cm³/mol. The molecule has 58 heavy (non-hydrogen) atoms. The molecule has 5 nitrogen and oxygen atoms in total. The molecule has 0 unspecified atom stereocenters. The van der Waals surface area contributed by atoms with E-state index in [0.29, 0.717) is 17.5 Å². The molecule has 0 radical (unpaired) electrons. The molecule has 0 spiro atoms. The summed E-state index contributed by atoms with van der Waals surface area (Å²) in [6, 6.07) is 68.2. The summed E-state index contributed by atoms with van der Waals surface area (Å²) in [4.78, 5) is 15.2. The Morgan fingerprint density at radius 2 is 0.897 bits per heavy atom. The Balaban J connectivity index is 0.991. The van der Waals surface area contributed by atoms with Crippen molar-refractivity contribution in [3.05, 3.63) is 194 Å². The number of hydrogen-bond acceptors (Lipinski definition) is 4. The molecule has 0 aliphatic rings. The molecule has 12 aromatic rings. The minimum Gasteiger partial charge on any atom is -0.456 e. The SMILES string of the molecule is c1ccc(-c2ccc(-c3nc(-c4ccc5ccccc5c4)nc(-c4ccc5c(c4)oc4ccc(-n6c7ccccc7c7cc8ccccc8cc76)cc45)n3)cc2)cc1. The van der Waals surface area contributed by atoms with Gasteiger partial charge in [0.2, 0.25) is 0 Å². The highest BCUT2D eigenvalue weighted by Crippen LogP contribution is 2.38. The molecule has 5 heteroatoms. The molecule has 0 aliphatic heterocycles. The second-order valence-corrected chi connectivity index (χ2v) is 14.9. The zero-order valence-corrected chi connectivity index (χ0v) is 31.2. The van der Waals surface area contributed by atoms with E-state index in [4.69, 9.17) is 19.4 Å². The number of aromatic nitrogens is 4. The van der Waals surface area contributed by atoms with Crippen LogP contribution in [-0.2, 0) is 0 Å². The van der Waals surface area contributed by atoms with E-state index in [9.17, 15) is 0 Å². The van der Waals surface area contributed by atoms with Crippen LogP contribution >= 0.6 is 0 Å².